The second-order valence-electron chi connectivity index (χ2n) is 10.4. The quantitative estimate of drug-likeness (QED) is 0.369. The van der Waals surface area contributed by atoms with Crippen molar-refractivity contribution in [2.45, 2.75) is 115 Å². The number of phenolic OH excluding ortho intramolecular Hbond substituents is 2. The number of rotatable bonds is 6. The fourth-order valence-electron chi connectivity index (χ4n) is 4.45. The van der Waals surface area contributed by atoms with Crippen LogP contribution in [0.2, 0.25) is 0 Å². The highest BCUT2D eigenvalue weighted by molar-refractivity contribution is 5.80. The molecule has 2 aliphatic carbocycles. The number of aliphatic carboxylic acids is 1. The van der Waals surface area contributed by atoms with E-state index in [1.165, 1.54) is 82.4 Å². The van der Waals surface area contributed by atoms with E-state index in [9.17, 15) is 19.8 Å². The first-order chi connectivity index (χ1) is 16.0. The molecular formula is C26H42N2O6. The van der Waals surface area contributed by atoms with Crippen LogP contribution >= 0.6 is 0 Å². The van der Waals surface area contributed by atoms with E-state index in [1.807, 2.05) is 0 Å². The number of ether oxygens (including phenoxy) is 1. The normalized spacial score (nSPS) is 18.3. The molecule has 8 heteroatoms. The van der Waals surface area contributed by atoms with Gasteiger partial charge in [-0.3, -0.25) is 0 Å². The number of carbonyl (C=O) groups is 2. The molecule has 1 atom stereocenters. The number of hydrogen-bond acceptors (Lipinski definition) is 6. The Morgan fingerprint density at radius 3 is 1.91 bits per heavy atom. The highest BCUT2D eigenvalue weighted by Crippen LogP contribution is 2.25. The summed E-state index contributed by atoms with van der Waals surface area (Å²) in [6, 6.07) is 4.48. The fraction of sp³-hybridized carbons (Fsp3) is 0.692. The fourth-order valence-corrected chi connectivity index (χ4v) is 4.45. The van der Waals surface area contributed by atoms with Gasteiger partial charge in [-0.25, -0.2) is 9.59 Å². The molecule has 2 aliphatic rings. The van der Waals surface area contributed by atoms with Gasteiger partial charge in [-0.05, 0) is 64.2 Å². The topological polar surface area (TPSA) is 128 Å². The van der Waals surface area contributed by atoms with Crippen LogP contribution in [0.5, 0.6) is 11.5 Å². The molecule has 0 spiro atoms. The van der Waals surface area contributed by atoms with Crippen molar-refractivity contribution in [3.05, 3.63) is 23.8 Å². The van der Waals surface area contributed by atoms with E-state index in [1.54, 1.807) is 20.8 Å². The number of phenols is 2. The minimum Gasteiger partial charge on any atom is -0.504 e. The average molecular weight is 479 g/mol. The minimum absolute atomic E-state index is 0.0532. The summed E-state index contributed by atoms with van der Waals surface area (Å²) in [7, 11) is 0. The summed E-state index contributed by atoms with van der Waals surface area (Å²) in [5.41, 5.74) is -0.280. The lowest BCUT2D eigenvalue weighted by atomic mass is 9.91. The van der Waals surface area contributed by atoms with Crippen molar-refractivity contribution in [3.63, 3.8) is 0 Å². The second kappa shape index (κ2) is 13.4. The number of carboxylic acids is 1. The number of carbonyl (C=O) groups excluding carboxylic acids is 1. The molecule has 5 N–H and O–H groups in total. The maximum atomic E-state index is 11.6. The Balaban J connectivity index is 0.000000266. The molecule has 192 valence electrons. The zero-order valence-corrected chi connectivity index (χ0v) is 20.8. The first-order valence-corrected chi connectivity index (χ1v) is 12.5. The van der Waals surface area contributed by atoms with Crippen LogP contribution in [0.3, 0.4) is 0 Å². The maximum Gasteiger partial charge on any atom is 0.408 e. The van der Waals surface area contributed by atoms with E-state index in [-0.39, 0.29) is 17.9 Å². The largest absolute Gasteiger partial charge is 0.504 e. The van der Waals surface area contributed by atoms with Gasteiger partial charge in [0.15, 0.2) is 11.5 Å². The van der Waals surface area contributed by atoms with Gasteiger partial charge in [0, 0.05) is 18.5 Å². The molecule has 8 nitrogen and oxygen atoms in total. The SMILES string of the molecule is C1CCC(NC2CCCCC2)CC1.CC(C)(C)OC(=O)NC(Cc1ccc(O)c(O)c1)C(=O)O. The van der Waals surface area contributed by atoms with E-state index < -0.39 is 23.7 Å². The molecule has 0 aromatic heterocycles. The van der Waals surface area contributed by atoms with Gasteiger partial charge in [0.25, 0.3) is 0 Å². The smallest absolute Gasteiger partial charge is 0.408 e. The first kappa shape index (κ1) is 27.8. The van der Waals surface area contributed by atoms with Crippen molar-refractivity contribution < 1.29 is 29.6 Å². The molecule has 0 radical (unpaired) electrons. The molecule has 34 heavy (non-hydrogen) atoms. The monoisotopic (exact) mass is 478 g/mol. The third-order valence-corrected chi connectivity index (χ3v) is 6.15. The Labute approximate surface area is 203 Å². The summed E-state index contributed by atoms with van der Waals surface area (Å²) >= 11 is 0. The number of carboxylic acid groups (broad SMARTS) is 1. The number of nitrogens with one attached hydrogen (secondary N) is 2. The molecule has 0 aliphatic heterocycles. The lowest BCUT2D eigenvalue weighted by Gasteiger charge is -2.30. The van der Waals surface area contributed by atoms with E-state index >= 15 is 0 Å². The molecule has 1 amide bonds. The van der Waals surface area contributed by atoms with Gasteiger partial charge in [0.05, 0.1) is 0 Å². The van der Waals surface area contributed by atoms with Crippen LogP contribution in [0.1, 0.15) is 90.5 Å². The Morgan fingerprint density at radius 2 is 1.47 bits per heavy atom. The van der Waals surface area contributed by atoms with Gasteiger partial charge >= 0.3 is 12.1 Å². The molecule has 0 saturated heterocycles. The first-order valence-electron chi connectivity index (χ1n) is 12.5. The molecule has 3 rings (SSSR count). The Hall–Kier alpha value is -2.48. The highest BCUT2D eigenvalue weighted by atomic mass is 16.6. The van der Waals surface area contributed by atoms with Crippen molar-refractivity contribution in [1.82, 2.24) is 10.6 Å². The minimum atomic E-state index is -1.23. The van der Waals surface area contributed by atoms with Crippen LogP contribution in [-0.4, -0.2) is 51.1 Å². The number of hydrogen-bond donors (Lipinski definition) is 5. The van der Waals surface area contributed by atoms with Gasteiger partial charge < -0.3 is 30.7 Å². The van der Waals surface area contributed by atoms with E-state index in [0.29, 0.717) is 5.56 Å². The van der Waals surface area contributed by atoms with Crippen molar-refractivity contribution in [2.24, 2.45) is 0 Å². The lowest BCUT2D eigenvalue weighted by molar-refractivity contribution is -0.139. The molecule has 1 aromatic carbocycles. The third kappa shape index (κ3) is 10.6. The van der Waals surface area contributed by atoms with Gasteiger partial charge in [-0.1, -0.05) is 44.6 Å². The number of alkyl carbamates (subject to hydrolysis) is 1. The molecule has 2 saturated carbocycles. The van der Waals surface area contributed by atoms with Crippen molar-refractivity contribution in [3.8, 4) is 11.5 Å². The summed E-state index contributed by atoms with van der Waals surface area (Å²) in [5, 5.41) is 33.8. The Kier molecular flexibility index (Phi) is 11.0. The van der Waals surface area contributed by atoms with Crippen LogP contribution < -0.4 is 10.6 Å². The standard InChI is InChI=1S/C14H19NO6.C12H23N/c1-14(2,3)21-13(20)15-9(12(18)19)6-8-4-5-10(16)11(17)7-8;1-3-7-11(8-4-1)13-12-9-5-2-6-10-12/h4-5,7,9,16-17H,6H2,1-3H3,(H,15,20)(H,18,19);11-13H,1-10H2. The van der Waals surface area contributed by atoms with Gasteiger partial charge in [0.1, 0.15) is 11.6 Å². The van der Waals surface area contributed by atoms with Crippen molar-refractivity contribution >= 4 is 12.1 Å². The van der Waals surface area contributed by atoms with E-state index in [4.69, 9.17) is 9.84 Å². The highest BCUT2D eigenvalue weighted by Gasteiger charge is 2.24. The van der Waals surface area contributed by atoms with Crippen LogP contribution in [-0.2, 0) is 16.0 Å². The lowest BCUT2D eigenvalue weighted by Crippen LogP contribution is -2.44. The third-order valence-electron chi connectivity index (χ3n) is 6.15. The molecule has 1 unspecified atom stereocenters. The summed E-state index contributed by atoms with van der Waals surface area (Å²) in [6.45, 7) is 5.00. The van der Waals surface area contributed by atoms with Crippen molar-refractivity contribution in [2.75, 3.05) is 0 Å². The number of amides is 1. The van der Waals surface area contributed by atoms with E-state index in [2.05, 4.69) is 10.6 Å². The maximum absolute atomic E-state index is 11.6. The predicted octanol–water partition coefficient (Wildman–Crippen LogP) is 4.86. The second-order valence-corrected chi connectivity index (χ2v) is 10.4. The van der Waals surface area contributed by atoms with Crippen LogP contribution in [0.25, 0.3) is 0 Å². The van der Waals surface area contributed by atoms with Crippen LogP contribution in [0.4, 0.5) is 4.79 Å². The summed E-state index contributed by atoms with van der Waals surface area (Å²) in [4.78, 5) is 22.8. The van der Waals surface area contributed by atoms with Gasteiger partial charge in [-0.15, -0.1) is 0 Å². The zero-order valence-electron chi connectivity index (χ0n) is 20.8. The van der Waals surface area contributed by atoms with Crippen LogP contribution in [0, 0.1) is 0 Å². The molecule has 0 bridgehead atoms. The van der Waals surface area contributed by atoms with Gasteiger partial charge in [0.2, 0.25) is 0 Å². The van der Waals surface area contributed by atoms with Crippen LogP contribution in [0.15, 0.2) is 18.2 Å². The van der Waals surface area contributed by atoms with Crippen molar-refractivity contribution in [1.29, 1.82) is 0 Å². The molecular weight excluding hydrogens is 436 g/mol. The zero-order chi connectivity index (χ0) is 25.1. The average Bonchev–Trinajstić information content (AvgIpc) is 2.76. The summed E-state index contributed by atoms with van der Waals surface area (Å²) in [5.74, 6) is -1.88. The number of benzene rings is 1. The van der Waals surface area contributed by atoms with E-state index in [0.717, 1.165) is 12.1 Å². The predicted molar refractivity (Wildman–Crippen MR) is 131 cm³/mol. The molecule has 0 heterocycles. The Bertz CT molecular complexity index is 764. The molecule has 1 aromatic rings. The summed E-state index contributed by atoms with van der Waals surface area (Å²) in [6.07, 6.45) is 13.7. The summed E-state index contributed by atoms with van der Waals surface area (Å²) < 4.78 is 5.00. The molecule has 2 fully saturated rings. The Morgan fingerprint density at radius 1 is 0.941 bits per heavy atom. The van der Waals surface area contributed by atoms with Gasteiger partial charge in [-0.2, -0.15) is 0 Å². The number of aromatic hydroxyl groups is 2.